The van der Waals surface area contributed by atoms with E-state index in [1.807, 2.05) is 0 Å². The van der Waals surface area contributed by atoms with Crippen LogP contribution < -0.4 is 5.32 Å². The molecule has 0 unspecified atom stereocenters. The molecule has 1 N–H and O–H groups in total. The van der Waals surface area contributed by atoms with Gasteiger partial charge in [0.2, 0.25) is 0 Å². The standard InChI is InChI=1S/C11H14Cl2N2O2/c1-17-5-3-2-4-14-11(16)8-6-10(13)15-7-9(8)12/h6-7H,2-5H2,1H3,(H,14,16). The highest BCUT2D eigenvalue weighted by atomic mass is 35.5. The normalized spacial score (nSPS) is 10.3. The number of hydrogen-bond acceptors (Lipinski definition) is 3. The molecule has 0 aliphatic carbocycles. The minimum Gasteiger partial charge on any atom is -0.385 e. The molecule has 0 spiro atoms. The van der Waals surface area contributed by atoms with Crippen LogP contribution in [0.15, 0.2) is 12.3 Å². The van der Waals surface area contributed by atoms with Crippen molar-refractivity contribution in [2.75, 3.05) is 20.3 Å². The summed E-state index contributed by atoms with van der Waals surface area (Å²) < 4.78 is 4.91. The highest BCUT2D eigenvalue weighted by Gasteiger charge is 2.10. The average molecular weight is 277 g/mol. The third-order valence-electron chi connectivity index (χ3n) is 2.13. The Morgan fingerprint density at radius 1 is 1.47 bits per heavy atom. The zero-order valence-electron chi connectivity index (χ0n) is 9.50. The maximum atomic E-state index is 11.7. The molecule has 1 aromatic rings. The van der Waals surface area contributed by atoms with E-state index in [0.717, 1.165) is 12.8 Å². The van der Waals surface area contributed by atoms with Crippen molar-refractivity contribution in [1.29, 1.82) is 0 Å². The number of ether oxygens (including phenoxy) is 1. The van der Waals surface area contributed by atoms with Crippen molar-refractivity contribution in [3.8, 4) is 0 Å². The number of pyridine rings is 1. The molecule has 17 heavy (non-hydrogen) atoms. The fraction of sp³-hybridized carbons (Fsp3) is 0.455. The van der Waals surface area contributed by atoms with Gasteiger partial charge in [0, 0.05) is 26.5 Å². The van der Waals surface area contributed by atoms with Crippen molar-refractivity contribution < 1.29 is 9.53 Å². The zero-order chi connectivity index (χ0) is 12.7. The number of carbonyl (C=O) groups excluding carboxylic acids is 1. The van der Waals surface area contributed by atoms with Gasteiger partial charge in [0.15, 0.2) is 0 Å². The van der Waals surface area contributed by atoms with E-state index in [1.54, 1.807) is 7.11 Å². The third-order valence-corrected chi connectivity index (χ3v) is 2.64. The molecule has 0 atom stereocenters. The van der Waals surface area contributed by atoms with E-state index >= 15 is 0 Å². The Hall–Kier alpha value is -0.840. The number of carbonyl (C=O) groups is 1. The van der Waals surface area contributed by atoms with Gasteiger partial charge in [-0.1, -0.05) is 23.2 Å². The zero-order valence-corrected chi connectivity index (χ0v) is 11.0. The molecule has 1 rings (SSSR count). The van der Waals surface area contributed by atoms with E-state index < -0.39 is 0 Å². The molecule has 0 aliphatic rings. The van der Waals surface area contributed by atoms with Crippen molar-refractivity contribution in [2.24, 2.45) is 0 Å². The molecule has 1 heterocycles. The Bertz CT molecular complexity index is 386. The van der Waals surface area contributed by atoms with Gasteiger partial charge in [-0.2, -0.15) is 0 Å². The van der Waals surface area contributed by atoms with Gasteiger partial charge in [0.1, 0.15) is 5.15 Å². The maximum Gasteiger partial charge on any atom is 0.252 e. The lowest BCUT2D eigenvalue weighted by molar-refractivity contribution is 0.0951. The molecular formula is C11H14Cl2N2O2. The van der Waals surface area contributed by atoms with E-state index in [2.05, 4.69) is 10.3 Å². The molecule has 6 heteroatoms. The molecule has 0 bridgehead atoms. The molecule has 0 fully saturated rings. The summed E-state index contributed by atoms with van der Waals surface area (Å²) in [6.07, 6.45) is 3.13. The van der Waals surface area contributed by atoms with Crippen LogP contribution in [0.1, 0.15) is 23.2 Å². The van der Waals surface area contributed by atoms with Crippen LogP contribution >= 0.6 is 23.2 Å². The number of nitrogens with one attached hydrogen (secondary N) is 1. The minimum atomic E-state index is -0.239. The first-order chi connectivity index (χ1) is 8.15. The van der Waals surface area contributed by atoms with Crippen LogP contribution in [0.25, 0.3) is 0 Å². The molecule has 1 aromatic heterocycles. The van der Waals surface area contributed by atoms with Crippen molar-refractivity contribution in [2.45, 2.75) is 12.8 Å². The van der Waals surface area contributed by atoms with Crippen LogP contribution in [0.3, 0.4) is 0 Å². The third kappa shape index (κ3) is 4.89. The van der Waals surface area contributed by atoms with Gasteiger partial charge in [-0.3, -0.25) is 4.79 Å². The quantitative estimate of drug-likeness (QED) is 0.642. The Kier molecular flexibility index (Phi) is 6.26. The fourth-order valence-corrected chi connectivity index (χ4v) is 1.60. The smallest absolute Gasteiger partial charge is 0.252 e. The molecule has 0 saturated carbocycles. The molecule has 4 nitrogen and oxygen atoms in total. The van der Waals surface area contributed by atoms with Gasteiger partial charge < -0.3 is 10.1 Å². The average Bonchev–Trinajstić information content (AvgIpc) is 2.32. The molecule has 0 aliphatic heterocycles. The van der Waals surface area contributed by atoms with E-state index in [1.165, 1.54) is 12.3 Å². The number of amides is 1. The highest BCUT2D eigenvalue weighted by molar-refractivity contribution is 6.35. The predicted octanol–water partition coefficient (Wildman–Crippen LogP) is 2.54. The Morgan fingerprint density at radius 2 is 2.24 bits per heavy atom. The largest absolute Gasteiger partial charge is 0.385 e. The van der Waals surface area contributed by atoms with Gasteiger partial charge in [-0.25, -0.2) is 4.98 Å². The van der Waals surface area contributed by atoms with Gasteiger partial charge >= 0.3 is 0 Å². The highest BCUT2D eigenvalue weighted by Crippen LogP contribution is 2.17. The molecule has 94 valence electrons. The maximum absolute atomic E-state index is 11.7. The molecule has 0 aromatic carbocycles. The lowest BCUT2D eigenvalue weighted by Gasteiger charge is -2.06. The van der Waals surface area contributed by atoms with E-state index in [0.29, 0.717) is 23.7 Å². The van der Waals surface area contributed by atoms with Crippen molar-refractivity contribution >= 4 is 29.1 Å². The van der Waals surface area contributed by atoms with Gasteiger partial charge in [0.05, 0.1) is 10.6 Å². The first kappa shape index (κ1) is 14.2. The van der Waals surface area contributed by atoms with Crippen LogP contribution in [0.5, 0.6) is 0 Å². The first-order valence-corrected chi connectivity index (χ1v) is 5.99. The fourth-order valence-electron chi connectivity index (χ4n) is 1.26. The van der Waals surface area contributed by atoms with Gasteiger partial charge in [0.25, 0.3) is 5.91 Å². The summed E-state index contributed by atoms with van der Waals surface area (Å²) in [4.78, 5) is 15.5. The van der Waals surface area contributed by atoms with Crippen LogP contribution in [0, 0.1) is 0 Å². The number of hydrogen-bond donors (Lipinski definition) is 1. The Labute approximate surface area is 110 Å². The number of aromatic nitrogens is 1. The molecule has 0 radical (unpaired) electrons. The number of unbranched alkanes of at least 4 members (excludes halogenated alkanes) is 1. The minimum absolute atomic E-state index is 0.239. The summed E-state index contributed by atoms with van der Waals surface area (Å²) in [5.74, 6) is -0.239. The van der Waals surface area contributed by atoms with Crippen molar-refractivity contribution in [3.63, 3.8) is 0 Å². The van der Waals surface area contributed by atoms with Crippen LogP contribution in [0.2, 0.25) is 10.2 Å². The Morgan fingerprint density at radius 3 is 2.94 bits per heavy atom. The molecular weight excluding hydrogens is 263 g/mol. The van der Waals surface area contributed by atoms with Gasteiger partial charge in [-0.05, 0) is 18.9 Å². The molecule has 0 saturated heterocycles. The second kappa shape index (κ2) is 7.48. The first-order valence-electron chi connectivity index (χ1n) is 5.23. The van der Waals surface area contributed by atoms with Gasteiger partial charge in [-0.15, -0.1) is 0 Å². The van der Waals surface area contributed by atoms with Crippen LogP contribution in [-0.4, -0.2) is 31.2 Å². The monoisotopic (exact) mass is 276 g/mol. The number of rotatable bonds is 6. The number of halogens is 2. The molecule has 1 amide bonds. The predicted molar refractivity (Wildman–Crippen MR) is 67.7 cm³/mol. The van der Waals surface area contributed by atoms with Crippen molar-refractivity contribution in [1.82, 2.24) is 10.3 Å². The van der Waals surface area contributed by atoms with E-state index in [4.69, 9.17) is 27.9 Å². The van der Waals surface area contributed by atoms with E-state index in [9.17, 15) is 4.79 Å². The summed E-state index contributed by atoms with van der Waals surface area (Å²) >= 11 is 11.5. The lowest BCUT2D eigenvalue weighted by atomic mass is 10.2. The van der Waals surface area contributed by atoms with E-state index in [-0.39, 0.29) is 11.1 Å². The summed E-state index contributed by atoms with van der Waals surface area (Å²) in [5.41, 5.74) is 0.346. The van der Waals surface area contributed by atoms with Crippen LogP contribution in [-0.2, 0) is 4.74 Å². The SMILES string of the molecule is COCCCCNC(=O)c1cc(Cl)ncc1Cl. The number of methoxy groups -OCH3 is 1. The summed E-state index contributed by atoms with van der Waals surface area (Å²) in [6, 6.07) is 1.45. The van der Waals surface area contributed by atoms with Crippen molar-refractivity contribution in [3.05, 3.63) is 28.0 Å². The topological polar surface area (TPSA) is 51.2 Å². The second-order valence-corrected chi connectivity index (χ2v) is 4.24. The van der Waals surface area contributed by atoms with Crippen LogP contribution in [0.4, 0.5) is 0 Å². The number of nitrogens with zero attached hydrogens (tertiary/aromatic N) is 1. The lowest BCUT2D eigenvalue weighted by Crippen LogP contribution is -2.25. The summed E-state index contributed by atoms with van der Waals surface area (Å²) in [7, 11) is 1.65. The summed E-state index contributed by atoms with van der Waals surface area (Å²) in [5, 5.41) is 3.30. The second-order valence-electron chi connectivity index (χ2n) is 3.44. The summed E-state index contributed by atoms with van der Waals surface area (Å²) in [6.45, 7) is 1.27. The Balaban J connectivity index is 2.44.